The summed E-state index contributed by atoms with van der Waals surface area (Å²) in [5.41, 5.74) is 2.71. The molecule has 0 atom stereocenters. The minimum absolute atomic E-state index is 0.0408. The quantitative estimate of drug-likeness (QED) is 0.727. The van der Waals surface area contributed by atoms with E-state index in [0.717, 1.165) is 6.42 Å². The van der Waals surface area contributed by atoms with E-state index >= 15 is 0 Å². The second-order valence-corrected chi connectivity index (χ2v) is 11.8. The van der Waals surface area contributed by atoms with Gasteiger partial charge < -0.3 is 0 Å². The second-order valence-electron chi connectivity index (χ2n) is 6.65. The van der Waals surface area contributed by atoms with Crippen molar-refractivity contribution in [3.05, 3.63) is 53.0 Å². The lowest BCUT2D eigenvalue weighted by molar-refractivity contribution is 0.590. The Bertz CT molecular complexity index is 490. The smallest absolute Gasteiger partial charge is 0.0728 e. The fraction of sp³-hybridized carbons (Fsp3) is 0.438. The van der Waals surface area contributed by atoms with E-state index in [1.54, 1.807) is 5.20 Å². The second kappa shape index (κ2) is 4.50. The molecule has 2 heteroatoms. The highest BCUT2D eigenvalue weighted by atomic mass is 28.3. The summed E-state index contributed by atoms with van der Waals surface area (Å²) >= 11 is 0. The molecule has 18 heavy (non-hydrogen) atoms. The number of aromatic nitrogens is 1. The third kappa shape index (κ3) is 2.48. The maximum atomic E-state index is 4.53. The van der Waals surface area contributed by atoms with Crippen LogP contribution in [-0.4, -0.2) is 13.1 Å². The van der Waals surface area contributed by atoms with Crippen molar-refractivity contribution in [1.29, 1.82) is 0 Å². The van der Waals surface area contributed by atoms with Gasteiger partial charge in [0.1, 0.15) is 0 Å². The van der Waals surface area contributed by atoms with Gasteiger partial charge in [-0.15, -0.1) is 0 Å². The number of hydrogen-bond donors (Lipinski definition) is 0. The summed E-state index contributed by atoms with van der Waals surface area (Å²) in [5, 5.41) is 1.65. The number of allylic oxidation sites excluding steroid dienone is 4. The number of pyridine rings is 1. The Labute approximate surface area is 112 Å². The van der Waals surface area contributed by atoms with Gasteiger partial charge in [-0.05, 0) is 18.6 Å². The van der Waals surface area contributed by atoms with E-state index in [4.69, 9.17) is 0 Å². The zero-order valence-electron chi connectivity index (χ0n) is 12.1. The zero-order valence-corrected chi connectivity index (χ0v) is 13.1. The first-order chi connectivity index (χ1) is 8.32. The minimum Gasteiger partial charge on any atom is -0.260 e. The number of hydrogen-bond acceptors (Lipinski definition) is 1. The maximum absolute atomic E-state index is 4.53. The molecule has 0 spiro atoms. The van der Waals surface area contributed by atoms with Gasteiger partial charge in [0.05, 0.1) is 8.07 Å². The van der Waals surface area contributed by atoms with Crippen LogP contribution in [0.15, 0.2) is 47.3 Å². The summed E-state index contributed by atoms with van der Waals surface area (Å²) in [7, 11) is -1.16. The molecule has 0 fully saturated rings. The third-order valence-corrected chi connectivity index (χ3v) is 6.21. The highest BCUT2D eigenvalue weighted by Gasteiger charge is 2.32. The van der Waals surface area contributed by atoms with Gasteiger partial charge in [0.25, 0.3) is 0 Å². The number of rotatable bonds is 3. The molecule has 2 rings (SSSR count). The first kappa shape index (κ1) is 13.3. The van der Waals surface area contributed by atoms with Crippen LogP contribution >= 0.6 is 0 Å². The van der Waals surface area contributed by atoms with Crippen molar-refractivity contribution in [2.45, 2.75) is 45.3 Å². The molecular weight excluding hydrogens is 234 g/mol. The third-order valence-electron chi connectivity index (χ3n) is 3.94. The van der Waals surface area contributed by atoms with Crippen molar-refractivity contribution in [3.63, 3.8) is 0 Å². The average molecular weight is 257 g/mol. The standard InChI is InChI=1S/C16H23NSi/c1-16(2,15-8-6-7-11-17-15)13-9-10-14(12-13)18(3,4)5/h6-11H,12H2,1-5H3. The van der Waals surface area contributed by atoms with E-state index in [-0.39, 0.29) is 5.41 Å². The molecule has 0 aromatic carbocycles. The van der Waals surface area contributed by atoms with Crippen LogP contribution in [0.25, 0.3) is 0 Å². The van der Waals surface area contributed by atoms with Gasteiger partial charge in [0, 0.05) is 17.3 Å². The monoisotopic (exact) mass is 257 g/mol. The Hall–Kier alpha value is -1.15. The molecule has 0 saturated heterocycles. The lowest BCUT2D eigenvalue weighted by Gasteiger charge is -2.28. The van der Waals surface area contributed by atoms with E-state index in [2.05, 4.69) is 62.8 Å². The maximum Gasteiger partial charge on any atom is 0.0728 e. The summed E-state index contributed by atoms with van der Waals surface area (Å²) in [6.45, 7) is 11.8. The first-order valence-electron chi connectivity index (χ1n) is 6.64. The molecule has 1 aliphatic carbocycles. The Balaban J connectivity index is 2.21. The molecule has 96 valence electrons. The van der Waals surface area contributed by atoms with Gasteiger partial charge in [-0.2, -0.15) is 0 Å². The molecule has 0 radical (unpaired) electrons. The van der Waals surface area contributed by atoms with Crippen LogP contribution in [-0.2, 0) is 5.41 Å². The van der Waals surface area contributed by atoms with Crippen LogP contribution in [0.5, 0.6) is 0 Å². The largest absolute Gasteiger partial charge is 0.260 e. The fourth-order valence-corrected chi connectivity index (χ4v) is 3.67. The van der Waals surface area contributed by atoms with Gasteiger partial charge in [-0.25, -0.2) is 0 Å². The van der Waals surface area contributed by atoms with Crippen LogP contribution in [0, 0.1) is 0 Å². The highest BCUT2D eigenvalue weighted by molar-refractivity contribution is 6.83. The van der Waals surface area contributed by atoms with Crippen molar-refractivity contribution in [2.75, 3.05) is 0 Å². The molecular formula is C16H23NSi. The first-order valence-corrected chi connectivity index (χ1v) is 10.1. The van der Waals surface area contributed by atoms with E-state index in [1.165, 1.54) is 11.3 Å². The lowest BCUT2D eigenvalue weighted by atomic mass is 9.80. The average Bonchev–Trinajstić information content (AvgIpc) is 2.79. The Morgan fingerprint density at radius 2 is 1.83 bits per heavy atom. The minimum atomic E-state index is -1.16. The SMILES string of the molecule is CC(C)(C1=CC=C([Si](C)(C)C)C1)c1ccccn1. The molecule has 1 nitrogen and oxygen atoms in total. The van der Waals surface area contributed by atoms with E-state index in [9.17, 15) is 0 Å². The molecule has 0 bridgehead atoms. The Morgan fingerprint density at radius 1 is 1.11 bits per heavy atom. The zero-order chi connectivity index (χ0) is 13.4. The summed E-state index contributed by atoms with van der Waals surface area (Å²) in [4.78, 5) is 4.53. The summed E-state index contributed by atoms with van der Waals surface area (Å²) in [6, 6.07) is 6.19. The summed E-state index contributed by atoms with van der Waals surface area (Å²) < 4.78 is 0. The molecule has 1 aromatic rings. The van der Waals surface area contributed by atoms with Gasteiger partial charge in [0.2, 0.25) is 0 Å². The summed E-state index contributed by atoms with van der Waals surface area (Å²) in [5.74, 6) is 0. The molecule has 0 saturated carbocycles. The predicted octanol–water partition coefficient (Wildman–Crippen LogP) is 4.49. The highest BCUT2D eigenvalue weighted by Crippen LogP contribution is 2.39. The fourth-order valence-electron chi connectivity index (χ4n) is 2.37. The van der Waals surface area contributed by atoms with E-state index < -0.39 is 8.07 Å². The molecule has 0 N–H and O–H groups in total. The van der Waals surface area contributed by atoms with Crippen LogP contribution in [0.1, 0.15) is 26.0 Å². The van der Waals surface area contributed by atoms with Crippen molar-refractivity contribution in [1.82, 2.24) is 4.98 Å². The van der Waals surface area contributed by atoms with Crippen LogP contribution in [0.2, 0.25) is 19.6 Å². The van der Waals surface area contributed by atoms with Gasteiger partial charge in [-0.1, -0.05) is 62.5 Å². The van der Waals surface area contributed by atoms with Gasteiger partial charge >= 0.3 is 0 Å². The van der Waals surface area contributed by atoms with E-state index in [0.29, 0.717) is 0 Å². The van der Waals surface area contributed by atoms with Crippen molar-refractivity contribution < 1.29 is 0 Å². The van der Waals surface area contributed by atoms with Crippen molar-refractivity contribution in [2.24, 2.45) is 0 Å². The van der Waals surface area contributed by atoms with E-state index in [1.807, 2.05) is 12.3 Å². The molecule has 1 aliphatic rings. The predicted molar refractivity (Wildman–Crippen MR) is 81.4 cm³/mol. The van der Waals surface area contributed by atoms with Crippen molar-refractivity contribution >= 4 is 8.07 Å². The van der Waals surface area contributed by atoms with Gasteiger partial charge in [0.15, 0.2) is 0 Å². The topological polar surface area (TPSA) is 12.9 Å². The van der Waals surface area contributed by atoms with Gasteiger partial charge in [-0.3, -0.25) is 4.98 Å². The lowest BCUT2D eigenvalue weighted by Crippen LogP contribution is -2.26. The Morgan fingerprint density at radius 3 is 2.33 bits per heavy atom. The van der Waals surface area contributed by atoms with Crippen LogP contribution < -0.4 is 0 Å². The Kier molecular flexibility index (Phi) is 3.32. The van der Waals surface area contributed by atoms with Crippen LogP contribution in [0.4, 0.5) is 0 Å². The molecule has 1 heterocycles. The number of nitrogens with zero attached hydrogens (tertiary/aromatic N) is 1. The molecule has 0 amide bonds. The molecule has 1 aromatic heterocycles. The molecule has 0 aliphatic heterocycles. The summed E-state index contributed by atoms with van der Waals surface area (Å²) in [6.07, 6.45) is 7.70. The van der Waals surface area contributed by atoms with Crippen LogP contribution in [0.3, 0.4) is 0 Å². The normalized spacial score (nSPS) is 16.5. The van der Waals surface area contributed by atoms with Crippen molar-refractivity contribution in [3.8, 4) is 0 Å². The molecule has 0 unspecified atom stereocenters.